The van der Waals surface area contributed by atoms with E-state index in [-0.39, 0.29) is 5.91 Å². The molecule has 2 heterocycles. The van der Waals surface area contributed by atoms with Crippen LogP contribution in [0.3, 0.4) is 0 Å². The average molecular weight is 318 g/mol. The van der Waals surface area contributed by atoms with E-state index >= 15 is 0 Å². The zero-order valence-electron chi connectivity index (χ0n) is 12.6. The third kappa shape index (κ3) is 2.33. The highest BCUT2D eigenvalue weighted by Gasteiger charge is 2.13. The Labute approximate surface area is 137 Å². The van der Waals surface area contributed by atoms with E-state index in [0.717, 1.165) is 16.8 Å². The van der Waals surface area contributed by atoms with Crippen molar-refractivity contribution < 1.29 is 4.79 Å². The van der Waals surface area contributed by atoms with E-state index in [2.05, 4.69) is 20.4 Å². The minimum Gasteiger partial charge on any atom is -0.338 e. The van der Waals surface area contributed by atoms with Gasteiger partial charge in [-0.1, -0.05) is 6.07 Å². The third-order valence-corrected chi connectivity index (χ3v) is 3.83. The van der Waals surface area contributed by atoms with Crippen molar-refractivity contribution in [3.8, 4) is 17.1 Å². The van der Waals surface area contributed by atoms with Gasteiger partial charge < -0.3 is 9.55 Å². The van der Waals surface area contributed by atoms with E-state index in [1.807, 2.05) is 41.1 Å². The highest BCUT2D eigenvalue weighted by molar-refractivity contribution is 6.05. The Hall–Kier alpha value is -3.45. The number of rotatable bonds is 3. The van der Waals surface area contributed by atoms with Crippen molar-refractivity contribution in [2.45, 2.75) is 0 Å². The molecule has 0 radical (unpaired) electrons. The fraction of sp³-hybridized carbons (Fsp3) is 0. The van der Waals surface area contributed by atoms with Crippen molar-refractivity contribution in [2.24, 2.45) is 5.84 Å². The lowest BCUT2D eigenvalue weighted by Gasteiger charge is -2.02. The maximum Gasteiger partial charge on any atom is 0.267 e. The quantitative estimate of drug-likeness (QED) is 0.305. The highest BCUT2D eigenvalue weighted by atomic mass is 16.2. The van der Waals surface area contributed by atoms with E-state index in [1.165, 1.54) is 0 Å². The number of nitrogens with zero attached hydrogens (tertiary/aromatic N) is 3. The number of fused-ring (bicyclic) bond motifs is 1. The molecular formula is C17H14N6O. The zero-order chi connectivity index (χ0) is 16.5. The number of aromatic amines is 1. The number of hydrazine groups is 1. The lowest BCUT2D eigenvalue weighted by atomic mass is 10.2. The van der Waals surface area contributed by atoms with Gasteiger partial charge in [0, 0.05) is 23.6 Å². The van der Waals surface area contributed by atoms with E-state index in [0.29, 0.717) is 16.9 Å². The molecule has 2 aromatic carbocycles. The van der Waals surface area contributed by atoms with Crippen molar-refractivity contribution in [2.75, 3.05) is 0 Å². The molecule has 0 saturated carbocycles. The average Bonchev–Trinajstić information content (AvgIpc) is 3.30. The van der Waals surface area contributed by atoms with Gasteiger partial charge in [0.25, 0.3) is 5.91 Å². The molecule has 0 unspecified atom stereocenters. The Bertz CT molecular complexity index is 1000. The molecule has 24 heavy (non-hydrogen) atoms. The van der Waals surface area contributed by atoms with Crippen LogP contribution in [0.1, 0.15) is 10.4 Å². The standard InChI is InChI=1S/C17H14N6O/c18-22-17(24)13-2-1-3-14-15(13)21-16(20-14)11-4-6-12(7-5-11)23-9-8-19-10-23/h1-10H,18H2,(H,20,21)(H,22,24). The van der Waals surface area contributed by atoms with Crippen LogP contribution in [-0.2, 0) is 0 Å². The Morgan fingerprint density at radius 2 is 2.00 bits per heavy atom. The lowest BCUT2D eigenvalue weighted by Crippen LogP contribution is -2.30. The summed E-state index contributed by atoms with van der Waals surface area (Å²) in [4.78, 5) is 23.7. The summed E-state index contributed by atoms with van der Waals surface area (Å²) in [6.45, 7) is 0. The molecular weight excluding hydrogens is 304 g/mol. The fourth-order valence-corrected chi connectivity index (χ4v) is 2.63. The Balaban J connectivity index is 1.75. The Morgan fingerprint density at radius 1 is 1.17 bits per heavy atom. The molecule has 4 aromatic rings. The number of nitrogens with one attached hydrogen (secondary N) is 2. The summed E-state index contributed by atoms with van der Waals surface area (Å²) in [6, 6.07) is 13.3. The molecule has 0 aliphatic heterocycles. The number of aromatic nitrogens is 4. The van der Waals surface area contributed by atoms with Gasteiger partial charge in [0.1, 0.15) is 11.3 Å². The van der Waals surface area contributed by atoms with Gasteiger partial charge in [0.15, 0.2) is 0 Å². The molecule has 1 amide bonds. The number of nitrogens with two attached hydrogens (primary N) is 1. The number of hydrogen-bond donors (Lipinski definition) is 3. The van der Waals surface area contributed by atoms with Crippen LogP contribution in [0.4, 0.5) is 0 Å². The minimum absolute atomic E-state index is 0.367. The molecule has 0 atom stereocenters. The van der Waals surface area contributed by atoms with Crippen molar-refractivity contribution in [1.82, 2.24) is 24.9 Å². The molecule has 7 heteroatoms. The van der Waals surface area contributed by atoms with Gasteiger partial charge in [0.2, 0.25) is 0 Å². The van der Waals surface area contributed by atoms with Crippen LogP contribution in [0.25, 0.3) is 28.1 Å². The molecule has 7 nitrogen and oxygen atoms in total. The molecule has 0 saturated heterocycles. The minimum atomic E-state index is -0.367. The summed E-state index contributed by atoms with van der Waals surface area (Å²) < 4.78 is 1.92. The van der Waals surface area contributed by atoms with Crippen LogP contribution in [0, 0.1) is 0 Å². The second-order valence-corrected chi connectivity index (χ2v) is 5.28. The van der Waals surface area contributed by atoms with E-state index < -0.39 is 0 Å². The molecule has 0 aliphatic rings. The molecule has 4 N–H and O–H groups in total. The number of H-pyrrole nitrogens is 1. The summed E-state index contributed by atoms with van der Waals surface area (Å²) in [6.07, 6.45) is 5.36. The number of carbonyl (C=O) groups excluding carboxylic acids is 1. The summed E-state index contributed by atoms with van der Waals surface area (Å²) in [5.41, 5.74) is 5.89. The number of nitrogen functional groups attached to an aromatic ring is 1. The monoisotopic (exact) mass is 318 g/mol. The third-order valence-electron chi connectivity index (χ3n) is 3.83. The number of benzene rings is 2. The van der Waals surface area contributed by atoms with Crippen molar-refractivity contribution >= 4 is 16.9 Å². The SMILES string of the molecule is NNC(=O)c1cccc2[nH]c(-c3ccc(-n4ccnc4)cc3)nc12. The van der Waals surface area contributed by atoms with Gasteiger partial charge in [-0.15, -0.1) is 0 Å². The van der Waals surface area contributed by atoms with E-state index in [4.69, 9.17) is 5.84 Å². The summed E-state index contributed by atoms with van der Waals surface area (Å²) in [5, 5.41) is 0. The maximum atomic E-state index is 11.9. The summed E-state index contributed by atoms with van der Waals surface area (Å²) in [7, 11) is 0. The summed E-state index contributed by atoms with van der Waals surface area (Å²) in [5.74, 6) is 5.56. The first-order valence-corrected chi connectivity index (χ1v) is 7.35. The number of hydrogen-bond acceptors (Lipinski definition) is 4. The second kappa shape index (κ2) is 5.64. The molecule has 0 aliphatic carbocycles. The first-order valence-electron chi connectivity index (χ1n) is 7.35. The van der Waals surface area contributed by atoms with Gasteiger partial charge >= 0.3 is 0 Å². The van der Waals surface area contributed by atoms with Crippen LogP contribution in [0.5, 0.6) is 0 Å². The Kier molecular flexibility index (Phi) is 3.33. The molecule has 0 bridgehead atoms. The van der Waals surface area contributed by atoms with Crippen LogP contribution in [0.2, 0.25) is 0 Å². The van der Waals surface area contributed by atoms with Gasteiger partial charge in [-0.05, 0) is 36.4 Å². The molecule has 2 aromatic heterocycles. The Morgan fingerprint density at radius 3 is 2.71 bits per heavy atom. The smallest absolute Gasteiger partial charge is 0.267 e. The van der Waals surface area contributed by atoms with E-state index in [1.54, 1.807) is 24.7 Å². The number of imidazole rings is 2. The second-order valence-electron chi connectivity index (χ2n) is 5.28. The van der Waals surface area contributed by atoms with Crippen LogP contribution >= 0.6 is 0 Å². The van der Waals surface area contributed by atoms with Gasteiger partial charge in [-0.2, -0.15) is 0 Å². The topological polar surface area (TPSA) is 102 Å². The number of amides is 1. The van der Waals surface area contributed by atoms with Crippen LogP contribution in [0.15, 0.2) is 61.2 Å². The van der Waals surface area contributed by atoms with Crippen LogP contribution < -0.4 is 11.3 Å². The number of carbonyl (C=O) groups is 1. The molecule has 118 valence electrons. The lowest BCUT2D eigenvalue weighted by molar-refractivity contribution is 0.0955. The van der Waals surface area contributed by atoms with Crippen molar-refractivity contribution in [3.05, 3.63) is 66.7 Å². The first-order chi connectivity index (χ1) is 11.8. The highest BCUT2D eigenvalue weighted by Crippen LogP contribution is 2.23. The predicted octanol–water partition coefficient (Wildman–Crippen LogP) is 2.02. The fourth-order valence-electron chi connectivity index (χ4n) is 2.63. The van der Waals surface area contributed by atoms with Crippen LogP contribution in [-0.4, -0.2) is 25.4 Å². The molecule has 4 rings (SSSR count). The molecule has 0 spiro atoms. The summed E-state index contributed by atoms with van der Waals surface area (Å²) >= 11 is 0. The largest absolute Gasteiger partial charge is 0.338 e. The number of para-hydroxylation sites is 1. The normalized spacial score (nSPS) is 10.9. The van der Waals surface area contributed by atoms with Gasteiger partial charge in [-0.3, -0.25) is 10.2 Å². The van der Waals surface area contributed by atoms with Crippen molar-refractivity contribution in [1.29, 1.82) is 0 Å². The first kappa shape index (κ1) is 14.2. The van der Waals surface area contributed by atoms with Gasteiger partial charge in [0.05, 0.1) is 17.4 Å². The maximum absolute atomic E-state index is 11.9. The van der Waals surface area contributed by atoms with E-state index in [9.17, 15) is 4.79 Å². The van der Waals surface area contributed by atoms with Gasteiger partial charge in [-0.25, -0.2) is 15.8 Å². The molecule has 0 fully saturated rings. The predicted molar refractivity (Wildman–Crippen MR) is 90.3 cm³/mol. The van der Waals surface area contributed by atoms with Crippen molar-refractivity contribution in [3.63, 3.8) is 0 Å². The zero-order valence-corrected chi connectivity index (χ0v) is 12.6.